The minimum Gasteiger partial charge on any atom is -0.466 e. The Morgan fingerprint density at radius 1 is 0.867 bits per heavy atom. The van der Waals surface area contributed by atoms with Crippen LogP contribution in [0, 0.1) is 0 Å². The number of esters is 2. The van der Waals surface area contributed by atoms with Crippen molar-refractivity contribution in [2.45, 2.75) is 48.0 Å². The summed E-state index contributed by atoms with van der Waals surface area (Å²) in [7, 11) is 0. The van der Waals surface area contributed by atoms with E-state index in [1.54, 1.807) is 13.8 Å². The maximum absolute atomic E-state index is 10.6. The van der Waals surface area contributed by atoms with Crippen LogP contribution in [0.3, 0.4) is 0 Å². The van der Waals surface area contributed by atoms with Crippen LogP contribution in [0.25, 0.3) is 0 Å². The van der Waals surface area contributed by atoms with Gasteiger partial charge in [0.25, 0.3) is 0 Å². The van der Waals surface area contributed by atoms with Crippen LogP contribution in [0.5, 0.6) is 0 Å². The lowest BCUT2D eigenvalue weighted by Gasteiger charge is -2.03. The Morgan fingerprint density at radius 3 is 1.47 bits per heavy atom. The highest BCUT2D eigenvalue weighted by atomic mass is 16.5. The first kappa shape index (κ1) is 19.5. The summed E-state index contributed by atoms with van der Waals surface area (Å²) in [6.07, 6.45) is 1.33. The Kier molecular flexibility index (Phi) is 16.8. The molecule has 0 aromatic carbocycles. The van der Waals surface area contributed by atoms with Gasteiger partial charge in [-0.15, -0.1) is 0 Å². The second-order valence-electron chi connectivity index (χ2n) is 2.50. The summed E-state index contributed by atoms with van der Waals surface area (Å²) in [5.74, 6) is -0.441. The van der Waals surface area contributed by atoms with Crippen molar-refractivity contribution in [1.29, 1.82) is 0 Å². The van der Waals surface area contributed by atoms with Crippen molar-refractivity contribution < 1.29 is 19.1 Å². The van der Waals surface area contributed by atoms with Gasteiger partial charge in [0, 0.05) is 19.3 Å². The fourth-order valence-corrected chi connectivity index (χ4v) is 0.635. The Labute approximate surface area is 93.0 Å². The molecule has 0 saturated carbocycles. The van der Waals surface area contributed by atoms with Gasteiger partial charge >= 0.3 is 11.9 Å². The topological polar surface area (TPSA) is 52.6 Å². The average molecular weight is 220 g/mol. The number of hydrogen-bond donors (Lipinski definition) is 0. The molecule has 0 spiro atoms. The molecule has 4 heteroatoms. The average Bonchev–Trinajstić information content (AvgIpc) is 2.16. The predicted molar refractivity (Wildman–Crippen MR) is 60.6 cm³/mol. The second kappa shape index (κ2) is 12.9. The van der Waals surface area contributed by atoms with Crippen LogP contribution in [0.4, 0.5) is 0 Å². The highest BCUT2D eigenvalue weighted by Gasteiger charge is 1.99. The van der Waals surface area contributed by atoms with Crippen molar-refractivity contribution in [3.63, 3.8) is 0 Å². The van der Waals surface area contributed by atoms with Gasteiger partial charge in [0.2, 0.25) is 0 Å². The van der Waals surface area contributed by atoms with Gasteiger partial charge in [-0.1, -0.05) is 28.7 Å². The van der Waals surface area contributed by atoms with Gasteiger partial charge < -0.3 is 9.47 Å². The number of hydrogen-bond acceptors (Lipinski definition) is 4. The molecule has 0 aromatic heterocycles. The first-order valence-electron chi connectivity index (χ1n) is 4.52. The summed E-state index contributed by atoms with van der Waals surface area (Å²) in [4.78, 5) is 21.3. The van der Waals surface area contributed by atoms with Crippen molar-refractivity contribution in [2.24, 2.45) is 0 Å². The first-order chi connectivity index (χ1) is 6.20. The summed E-state index contributed by atoms with van der Waals surface area (Å²) in [6, 6.07) is 0. The van der Waals surface area contributed by atoms with E-state index in [1.807, 2.05) is 0 Å². The molecule has 0 fully saturated rings. The number of rotatable bonds is 6. The molecule has 0 radical (unpaired) electrons. The van der Waals surface area contributed by atoms with Gasteiger partial charge in [-0.25, -0.2) is 0 Å². The van der Waals surface area contributed by atoms with Gasteiger partial charge in [-0.05, 0) is 0 Å². The SMILES string of the molecule is C.C.CCC(=O)OCCCOC(=O)CC. The van der Waals surface area contributed by atoms with Gasteiger partial charge in [0.1, 0.15) is 0 Å². The second-order valence-corrected chi connectivity index (χ2v) is 2.50. The fraction of sp³-hybridized carbons (Fsp3) is 0.818. The summed E-state index contributed by atoms with van der Waals surface area (Å²) in [6.45, 7) is 4.12. The minimum atomic E-state index is -0.221. The molecule has 0 rings (SSSR count). The van der Waals surface area contributed by atoms with Crippen LogP contribution in [0.15, 0.2) is 0 Å². The molecule has 4 nitrogen and oxygen atoms in total. The maximum Gasteiger partial charge on any atom is 0.305 e. The molecule has 0 heterocycles. The molecule has 0 aromatic rings. The van der Waals surface area contributed by atoms with Gasteiger partial charge in [-0.2, -0.15) is 0 Å². The largest absolute Gasteiger partial charge is 0.466 e. The zero-order valence-corrected chi connectivity index (χ0v) is 8.17. The van der Waals surface area contributed by atoms with E-state index in [4.69, 9.17) is 9.47 Å². The third kappa shape index (κ3) is 12.9. The molecule has 15 heavy (non-hydrogen) atoms. The standard InChI is InChI=1S/C9H16O4.2CH4/c1-3-8(10)12-6-5-7-13-9(11)4-2;;/h3-7H2,1-2H3;2*1H4. The molecule has 0 bridgehead atoms. The van der Waals surface area contributed by atoms with Gasteiger partial charge in [0.05, 0.1) is 13.2 Å². The zero-order chi connectivity index (χ0) is 10.1. The highest BCUT2D eigenvalue weighted by molar-refractivity contribution is 5.69. The van der Waals surface area contributed by atoms with Gasteiger partial charge in [0.15, 0.2) is 0 Å². The Bertz CT molecular complexity index is 148. The van der Waals surface area contributed by atoms with E-state index >= 15 is 0 Å². The summed E-state index contributed by atoms with van der Waals surface area (Å²) in [5, 5.41) is 0. The van der Waals surface area contributed by atoms with E-state index in [0.29, 0.717) is 32.5 Å². The van der Waals surface area contributed by atoms with Crippen LogP contribution < -0.4 is 0 Å². The number of carbonyl (C=O) groups is 2. The molecule has 92 valence electrons. The Hall–Kier alpha value is -1.06. The first-order valence-corrected chi connectivity index (χ1v) is 4.52. The van der Waals surface area contributed by atoms with Crippen LogP contribution in [0.1, 0.15) is 48.0 Å². The third-order valence-electron chi connectivity index (χ3n) is 1.39. The summed E-state index contributed by atoms with van der Waals surface area (Å²) in [5.41, 5.74) is 0. The molecule has 0 N–H and O–H groups in total. The molecule has 0 atom stereocenters. The van der Waals surface area contributed by atoms with E-state index in [2.05, 4.69) is 0 Å². The van der Waals surface area contributed by atoms with Crippen molar-refractivity contribution >= 4 is 11.9 Å². The third-order valence-corrected chi connectivity index (χ3v) is 1.39. The lowest BCUT2D eigenvalue weighted by molar-refractivity contribution is -0.145. The van der Waals surface area contributed by atoms with E-state index < -0.39 is 0 Å². The summed E-state index contributed by atoms with van der Waals surface area (Å²) < 4.78 is 9.55. The van der Waals surface area contributed by atoms with Crippen LogP contribution >= 0.6 is 0 Å². The quantitative estimate of drug-likeness (QED) is 0.510. The molecular formula is C11H24O4. The molecular weight excluding hydrogens is 196 g/mol. The van der Waals surface area contributed by atoms with E-state index in [0.717, 1.165) is 0 Å². The molecule has 0 unspecified atom stereocenters. The van der Waals surface area contributed by atoms with E-state index in [1.165, 1.54) is 0 Å². The molecule has 0 amide bonds. The predicted octanol–water partition coefficient (Wildman–Crippen LogP) is 2.56. The lowest BCUT2D eigenvalue weighted by atomic mass is 10.4. The van der Waals surface area contributed by atoms with Crippen molar-refractivity contribution in [3.8, 4) is 0 Å². The number of carbonyl (C=O) groups excluding carboxylic acids is 2. The molecule has 0 saturated heterocycles. The van der Waals surface area contributed by atoms with Crippen LogP contribution in [0.2, 0.25) is 0 Å². The van der Waals surface area contributed by atoms with Gasteiger partial charge in [-0.3, -0.25) is 9.59 Å². The summed E-state index contributed by atoms with van der Waals surface area (Å²) >= 11 is 0. The highest BCUT2D eigenvalue weighted by Crippen LogP contribution is 1.91. The monoisotopic (exact) mass is 220 g/mol. The van der Waals surface area contributed by atoms with Crippen LogP contribution in [-0.2, 0) is 19.1 Å². The molecule has 0 aliphatic heterocycles. The lowest BCUT2D eigenvalue weighted by Crippen LogP contribution is -2.09. The Balaban J connectivity index is -0.000000720. The molecule has 0 aliphatic rings. The zero-order valence-electron chi connectivity index (χ0n) is 8.17. The Morgan fingerprint density at radius 2 is 1.20 bits per heavy atom. The van der Waals surface area contributed by atoms with Crippen molar-refractivity contribution in [2.75, 3.05) is 13.2 Å². The minimum absolute atomic E-state index is 0. The van der Waals surface area contributed by atoms with Crippen molar-refractivity contribution in [1.82, 2.24) is 0 Å². The number of ether oxygens (including phenoxy) is 2. The fourth-order valence-electron chi connectivity index (χ4n) is 0.635. The maximum atomic E-state index is 10.6. The normalized spacial score (nSPS) is 8.13. The van der Waals surface area contributed by atoms with E-state index in [9.17, 15) is 9.59 Å². The van der Waals surface area contributed by atoms with Crippen molar-refractivity contribution in [3.05, 3.63) is 0 Å². The smallest absolute Gasteiger partial charge is 0.305 e. The molecule has 0 aliphatic carbocycles. The van der Waals surface area contributed by atoms with E-state index in [-0.39, 0.29) is 26.8 Å². The van der Waals surface area contributed by atoms with Crippen LogP contribution in [-0.4, -0.2) is 25.2 Å².